The summed E-state index contributed by atoms with van der Waals surface area (Å²) in [7, 11) is -3.53. The minimum absolute atomic E-state index is 0.132. The van der Waals surface area contributed by atoms with Crippen LogP contribution in [0.2, 0.25) is 0 Å². The molecule has 0 aliphatic heterocycles. The maximum atomic E-state index is 12.7. The van der Waals surface area contributed by atoms with Crippen LogP contribution in [0.1, 0.15) is 5.56 Å². The second kappa shape index (κ2) is 5.48. The summed E-state index contributed by atoms with van der Waals surface area (Å²) < 4.78 is 39.8. The van der Waals surface area contributed by atoms with Gasteiger partial charge in [0.15, 0.2) is 0 Å². The van der Waals surface area contributed by atoms with Crippen LogP contribution < -0.4 is 4.72 Å². The zero-order valence-electron chi connectivity index (χ0n) is 9.06. The first-order chi connectivity index (χ1) is 8.49. The van der Waals surface area contributed by atoms with E-state index in [0.717, 1.165) is 11.3 Å². The van der Waals surface area contributed by atoms with Crippen molar-refractivity contribution >= 4 is 37.3 Å². The number of halogens is 2. The van der Waals surface area contributed by atoms with E-state index in [1.165, 1.54) is 12.1 Å². The van der Waals surface area contributed by atoms with E-state index in [0.29, 0.717) is 10.0 Å². The average molecular weight is 350 g/mol. The third kappa shape index (κ3) is 3.17. The Balaban J connectivity index is 2.11. The van der Waals surface area contributed by atoms with Gasteiger partial charge < -0.3 is 0 Å². The van der Waals surface area contributed by atoms with Gasteiger partial charge in [0.2, 0.25) is 0 Å². The van der Waals surface area contributed by atoms with Gasteiger partial charge >= 0.3 is 0 Å². The molecule has 0 radical (unpaired) electrons. The molecule has 0 atom stereocenters. The van der Waals surface area contributed by atoms with Gasteiger partial charge in [-0.15, -0.1) is 11.3 Å². The van der Waals surface area contributed by atoms with Crippen molar-refractivity contribution in [1.29, 1.82) is 0 Å². The Kier molecular flexibility index (Phi) is 4.16. The molecule has 0 spiro atoms. The Morgan fingerprint density at radius 1 is 1.22 bits per heavy atom. The molecule has 18 heavy (non-hydrogen) atoms. The molecule has 0 amide bonds. The zero-order chi connectivity index (χ0) is 13.2. The summed E-state index contributed by atoms with van der Waals surface area (Å²) in [5, 5.41) is 1.69. The molecule has 1 aromatic carbocycles. The van der Waals surface area contributed by atoms with E-state index in [9.17, 15) is 12.8 Å². The van der Waals surface area contributed by atoms with E-state index >= 15 is 0 Å². The number of sulfonamides is 1. The summed E-state index contributed by atoms with van der Waals surface area (Å²) in [6.07, 6.45) is 0. The monoisotopic (exact) mass is 349 g/mol. The van der Waals surface area contributed by atoms with E-state index in [2.05, 4.69) is 20.7 Å². The van der Waals surface area contributed by atoms with Crippen molar-refractivity contribution in [2.24, 2.45) is 0 Å². The number of hydrogen-bond donors (Lipinski definition) is 1. The number of benzene rings is 1. The minimum atomic E-state index is -3.53. The van der Waals surface area contributed by atoms with Crippen molar-refractivity contribution in [1.82, 2.24) is 4.72 Å². The fourth-order valence-electron chi connectivity index (χ4n) is 1.32. The zero-order valence-corrected chi connectivity index (χ0v) is 12.3. The minimum Gasteiger partial charge on any atom is -0.207 e. The molecule has 0 bridgehead atoms. The number of thiophene rings is 1. The highest BCUT2D eigenvalue weighted by atomic mass is 79.9. The molecule has 2 aromatic rings. The van der Waals surface area contributed by atoms with Gasteiger partial charge in [0, 0.05) is 11.0 Å². The molecule has 0 saturated carbocycles. The SMILES string of the molecule is O=S(=O)(NCc1ccc(F)cc1)c1sccc1Br. The van der Waals surface area contributed by atoms with Crippen LogP contribution in [-0.4, -0.2) is 8.42 Å². The van der Waals surface area contributed by atoms with E-state index in [-0.39, 0.29) is 16.6 Å². The quantitative estimate of drug-likeness (QED) is 0.921. The summed E-state index contributed by atoms with van der Waals surface area (Å²) in [6, 6.07) is 7.36. The second-order valence-corrected chi connectivity index (χ2v) is 7.24. The largest absolute Gasteiger partial charge is 0.251 e. The fourth-order valence-corrected chi connectivity index (χ4v) is 4.72. The Labute approximate surface area is 117 Å². The van der Waals surface area contributed by atoms with Gasteiger partial charge in [0.25, 0.3) is 10.0 Å². The predicted molar refractivity (Wildman–Crippen MR) is 72.4 cm³/mol. The highest BCUT2D eigenvalue weighted by Crippen LogP contribution is 2.27. The second-order valence-electron chi connectivity index (χ2n) is 3.51. The third-order valence-electron chi connectivity index (χ3n) is 2.21. The lowest BCUT2D eigenvalue weighted by Gasteiger charge is -2.05. The number of nitrogens with one attached hydrogen (secondary N) is 1. The molecule has 2 rings (SSSR count). The first-order valence-corrected chi connectivity index (χ1v) is 8.12. The predicted octanol–water partition coefficient (Wildman–Crippen LogP) is 3.13. The normalized spacial score (nSPS) is 11.7. The van der Waals surface area contributed by atoms with Crippen LogP contribution in [0.25, 0.3) is 0 Å². The van der Waals surface area contributed by atoms with E-state index in [1.807, 2.05) is 0 Å². The van der Waals surface area contributed by atoms with Crippen molar-refractivity contribution in [2.45, 2.75) is 10.8 Å². The molecular formula is C11H9BrFNO2S2. The topological polar surface area (TPSA) is 46.2 Å². The lowest BCUT2D eigenvalue weighted by molar-refractivity contribution is 0.583. The van der Waals surface area contributed by atoms with Crippen molar-refractivity contribution in [2.75, 3.05) is 0 Å². The van der Waals surface area contributed by atoms with Crippen LogP contribution in [0.5, 0.6) is 0 Å². The Bertz CT molecular complexity index is 637. The molecule has 0 aliphatic carbocycles. The molecule has 1 N–H and O–H groups in total. The molecule has 0 saturated heterocycles. The number of rotatable bonds is 4. The molecule has 1 aromatic heterocycles. The van der Waals surface area contributed by atoms with Gasteiger partial charge in [0.05, 0.1) is 0 Å². The summed E-state index contributed by atoms with van der Waals surface area (Å²) in [6.45, 7) is 0.132. The van der Waals surface area contributed by atoms with Gasteiger partial charge in [0.1, 0.15) is 10.0 Å². The van der Waals surface area contributed by atoms with Crippen LogP contribution in [0, 0.1) is 5.82 Å². The van der Waals surface area contributed by atoms with Crippen molar-refractivity contribution in [3.05, 3.63) is 51.6 Å². The van der Waals surface area contributed by atoms with E-state index in [1.54, 1.807) is 23.6 Å². The highest BCUT2D eigenvalue weighted by Gasteiger charge is 2.18. The van der Waals surface area contributed by atoms with Gasteiger partial charge in [-0.25, -0.2) is 17.5 Å². The van der Waals surface area contributed by atoms with E-state index in [4.69, 9.17) is 0 Å². The summed E-state index contributed by atoms with van der Waals surface area (Å²) in [4.78, 5) is 0. The first kappa shape index (κ1) is 13.7. The summed E-state index contributed by atoms with van der Waals surface area (Å²) >= 11 is 4.32. The van der Waals surface area contributed by atoms with Gasteiger partial charge in [-0.2, -0.15) is 0 Å². The average Bonchev–Trinajstić information content (AvgIpc) is 2.76. The lowest BCUT2D eigenvalue weighted by Crippen LogP contribution is -2.22. The van der Waals surface area contributed by atoms with Crippen LogP contribution in [-0.2, 0) is 16.6 Å². The Hall–Kier alpha value is -0.760. The highest BCUT2D eigenvalue weighted by molar-refractivity contribution is 9.10. The molecular weight excluding hydrogens is 341 g/mol. The third-order valence-corrected chi connectivity index (χ3v) is 6.28. The first-order valence-electron chi connectivity index (χ1n) is 4.96. The molecule has 3 nitrogen and oxygen atoms in total. The molecule has 0 unspecified atom stereocenters. The van der Waals surface area contributed by atoms with Crippen molar-refractivity contribution in [3.63, 3.8) is 0 Å². The van der Waals surface area contributed by atoms with Crippen LogP contribution in [0.15, 0.2) is 44.4 Å². The maximum absolute atomic E-state index is 12.7. The molecule has 7 heteroatoms. The van der Waals surface area contributed by atoms with Crippen molar-refractivity contribution < 1.29 is 12.8 Å². The standard InChI is InChI=1S/C11H9BrFNO2S2/c12-10-5-6-17-11(10)18(15,16)14-7-8-1-3-9(13)4-2-8/h1-6,14H,7H2. The molecule has 96 valence electrons. The summed E-state index contributed by atoms with van der Waals surface area (Å²) in [5.74, 6) is -0.345. The van der Waals surface area contributed by atoms with Gasteiger partial charge in [-0.1, -0.05) is 12.1 Å². The summed E-state index contributed by atoms with van der Waals surface area (Å²) in [5.41, 5.74) is 0.702. The number of hydrogen-bond acceptors (Lipinski definition) is 3. The molecule has 0 aliphatic rings. The Morgan fingerprint density at radius 2 is 1.89 bits per heavy atom. The smallest absolute Gasteiger partial charge is 0.207 e. The fraction of sp³-hybridized carbons (Fsp3) is 0.0909. The Morgan fingerprint density at radius 3 is 2.44 bits per heavy atom. The van der Waals surface area contributed by atoms with Crippen LogP contribution in [0.4, 0.5) is 4.39 Å². The molecule has 0 fully saturated rings. The van der Waals surface area contributed by atoms with E-state index < -0.39 is 10.0 Å². The van der Waals surface area contributed by atoms with Gasteiger partial charge in [-0.05, 0) is 45.1 Å². The maximum Gasteiger partial charge on any atom is 0.251 e. The van der Waals surface area contributed by atoms with Crippen LogP contribution in [0.3, 0.4) is 0 Å². The van der Waals surface area contributed by atoms with Crippen molar-refractivity contribution in [3.8, 4) is 0 Å². The van der Waals surface area contributed by atoms with Gasteiger partial charge in [-0.3, -0.25) is 0 Å². The van der Waals surface area contributed by atoms with Crippen LogP contribution >= 0.6 is 27.3 Å². The molecule has 1 heterocycles. The lowest BCUT2D eigenvalue weighted by atomic mass is 10.2.